The van der Waals surface area contributed by atoms with Crippen LogP contribution in [0.1, 0.15) is 30.5 Å². The summed E-state index contributed by atoms with van der Waals surface area (Å²) < 4.78 is 0. The van der Waals surface area contributed by atoms with Crippen molar-refractivity contribution in [1.82, 2.24) is 15.2 Å². The lowest BCUT2D eigenvalue weighted by Gasteiger charge is -2.21. The third-order valence-electron chi connectivity index (χ3n) is 2.78. The molecule has 0 aliphatic carbocycles. The highest BCUT2D eigenvalue weighted by molar-refractivity contribution is 14.0. The summed E-state index contributed by atoms with van der Waals surface area (Å²) in [5.41, 5.74) is 1.11. The van der Waals surface area contributed by atoms with E-state index in [9.17, 15) is 0 Å². The van der Waals surface area contributed by atoms with Gasteiger partial charge in [0.1, 0.15) is 0 Å². The van der Waals surface area contributed by atoms with Gasteiger partial charge >= 0.3 is 0 Å². The van der Waals surface area contributed by atoms with Gasteiger partial charge in [0.2, 0.25) is 0 Å². The summed E-state index contributed by atoms with van der Waals surface area (Å²) in [7, 11) is 2.07. The van der Waals surface area contributed by atoms with E-state index in [1.165, 1.54) is 12.2 Å². The van der Waals surface area contributed by atoms with Crippen molar-refractivity contribution in [2.45, 2.75) is 33.2 Å². The van der Waals surface area contributed by atoms with Crippen molar-refractivity contribution < 1.29 is 0 Å². The van der Waals surface area contributed by atoms with Crippen LogP contribution in [0.2, 0.25) is 0 Å². The van der Waals surface area contributed by atoms with Gasteiger partial charge in [-0.05, 0) is 38.7 Å². The number of halogens is 1. The van der Waals surface area contributed by atoms with E-state index < -0.39 is 0 Å². The quantitative estimate of drug-likeness (QED) is 0.289. The van der Waals surface area contributed by atoms with Crippen molar-refractivity contribution >= 4 is 53.0 Å². The Morgan fingerprint density at radius 2 is 2.24 bits per heavy atom. The van der Waals surface area contributed by atoms with Crippen LogP contribution in [0.25, 0.3) is 0 Å². The van der Waals surface area contributed by atoms with Gasteiger partial charge in [0.25, 0.3) is 0 Å². The first-order chi connectivity index (χ1) is 9.67. The lowest BCUT2D eigenvalue weighted by atomic mass is 10.3. The first-order valence-electron chi connectivity index (χ1n) is 7.06. The van der Waals surface area contributed by atoms with E-state index in [1.807, 2.05) is 18.7 Å². The second-order valence-corrected chi connectivity index (χ2v) is 6.70. The minimum absolute atomic E-state index is 0. The number of aromatic nitrogens is 1. The van der Waals surface area contributed by atoms with Gasteiger partial charge in [-0.1, -0.05) is 0 Å². The molecule has 7 heteroatoms. The number of aryl methyl sites for hydroxylation is 1. The van der Waals surface area contributed by atoms with E-state index in [2.05, 4.69) is 45.8 Å². The normalized spacial score (nSPS) is 11.1. The highest BCUT2D eigenvalue weighted by Crippen LogP contribution is 2.09. The van der Waals surface area contributed by atoms with Crippen LogP contribution in [0.3, 0.4) is 0 Å². The maximum atomic E-state index is 4.69. The van der Waals surface area contributed by atoms with Gasteiger partial charge in [-0.3, -0.25) is 4.99 Å². The molecule has 0 saturated heterocycles. The zero-order valence-corrected chi connectivity index (χ0v) is 17.3. The Balaban J connectivity index is 0.00000400. The molecule has 1 rings (SSSR count). The number of rotatable bonds is 8. The van der Waals surface area contributed by atoms with Crippen molar-refractivity contribution in [3.63, 3.8) is 0 Å². The molecule has 1 N–H and O–H groups in total. The zero-order chi connectivity index (χ0) is 14.8. The van der Waals surface area contributed by atoms with Crippen LogP contribution in [-0.2, 0) is 6.54 Å². The Morgan fingerprint density at radius 3 is 2.81 bits per heavy atom. The van der Waals surface area contributed by atoms with E-state index in [-0.39, 0.29) is 24.0 Å². The van der Waals surface area contributed by atoms with Crippen LogP contribution in [0.15, 0.2) is 10.4 Å². The van der Waals surface area contributed by atoms with Gasteiger partial charge < -0.3 is 10.2 Å². The van der Waals surface area contributed by atoms with Crippen molar-refractivity contribution in [2.75, 3.05) is 32.1 Å². The molecule has 0 radical (unpaired) electrons. The SMILES string of the molecule is CCNC(=NCCCCSC)N(C)Cc1csc(C)n1.I. The van der Waals surface area contributed by atoms with Gasteiger partial charge in [-0.25, -0.2) is 4.98 Å². The fourth-order valence-corrected chi connectivity index (χ4v) is 2.91. The second kappa shape index (κ2) is 12.5. The highest BCUT2D eigenvalue weighted by atomic mass is 127. The minimum atomic E-state index is 0. The number of thiazole rings is 1. The number of thioether (sulfide) groups is 1. The second-order valence-electron chi connectivity index (χ2n) is 4.65. The number of unbranched alkanes of at least 4 members (excludes halogenated alkanes) is 1. The van der Waals surface area contributed by atoms with E-state index >= 15 is 0 Å². The molecule has 4 nitrogen and oxygen atoms in total. The average Bonchev–Trinajstić information content (AvgIpc) is 2.82. The van der Waals surface area contributed by atoms with Gasteiger partial charge in [0.05, 0.1) is 17.2 Å². The fraction of sp³-hybridized carbons (Fsp3) is 0.714. The lowest BCUT2D eigenvalue weighted by Crippen LogP contribution is -2.38. The van der Waals surface area contributed by atoms with Gasteiger partial charge in [0, 0.05) is 25.5 Å². The summed E-state index contributed by atoms with van der Waals surface area (Å²) in [4.78, 5) is 11.3. The molecule has 122 valence electrons. The number of aliphatic imine (C=N–C) groups is 1. The van der Waals surface area contributed by atoms with Crippen molar-refractivity contribution in [3.8, 4) is 0 Å². The van der Waals surface area contributed by atoms with Crippen LogP contribution >= 0.6 is 47.1 Å². The topological polar surface area (TPSA) is 40.5 Å². The Hall–Kier alpha value is -0.0200. The Labute approximate surface area is 154 Å². The maximum Gasteiger partial charge on any atom is 0.194 e. The molecule has 21 heavy (non-hydrogen) atoms. The average molecular weight is 442 g/mol. The molecular weight excluding hydrogens is 415 g/mol. The lowest BCUT2D eigenvalue weighted by molar-refractivity contribution is 0.470. The van der Waals surface area contributed by atoms with Gasteiger partial charge in [-0.15, -0.1) is 35.3 Å². The summed E-state index contributed by atoms with van der Waals surface area (Å²) >= 11 is 3.60. The molecule has 0 aliphatic heterocycles. The molecule has 1 heterocycles. The highest BCUT2D eigenvalue weighted by Gasteiger charge is 2.08. The molecule has 0 unspecified atom stereocenters. The molecule has 0 bridgehead atoms. The van der Waals surface area contributed by atoms with E-state index in [4.69, 9.17) is 0 Å². The van der Waals surface area contributed by atoms with Gasteiger partial charge in [0.15, 0.2) is 5.96 Å². The minimum Gasteiger partial charge on any atom is -0.357 e. The van der Waals surface area contributed by atoms with Crippen LogP contribution in [-0.4, -0.2) is 48.0 Å². The van der Waals surface area contributed by atoms with Crippen LogP contribution in [0.5, 0.6) is 0 Å². The number of nitrogens with one attached hydrogen (secondary N) is 1. The Bertz CT molecular complexity index is 409. The molecule has 0 amide bonds. The van der Waals surface area contributed by atoms with Crippen molar-refractivity contribution in [3.05, 3.63) is 16.1 Å². The van der Waals surface area contributed by atoms with E-state index in [0.29, 0.717) is 0 Å². The molecule has 0 aromatic carbocycles. The predicted octanol–water partition coefficient (Wildman–Crippen LogP) is 3.61. The Kier molecular flexibility index (Phi) is 12.5. The molecule has 0 aliphatic rings. The first-order valence-corrected chi connectivity index (χ1v) is 9.34. The third kappa shape index (κ3) is 8.87. The largest absolute Gasteiger partial charge is 0.357 e. The standard InChI is InChI=1S/C14H26N4S2.HI/c1-5-15-14(16-8-6-7-9-19-4)18(3)10-13-11-20-12(2)17-13;/h11H,5-10H2,1-4H3,(H,15,16);1H. The molecule has 0 saturated carbocycles. The molecule has 1 aromatic rings. The maximum absolute atomic E-state index is 4.69. The smallest absolute Gasteiger partial charge is 0.194 e. The molecule has 0 atom stereocenters. The van der Waals surface area contributed by atoms with Crippen LogP contribution in [0.4, 0.5) is 0 Å². The predicted molar refractivity (Wildman–Crippen MR) is 107 cm³/mol. The van der Waals surface area contributed by atoms with Gasteiger partial charge in [-0.2, -0.15) is 11.8 Å². The summed E-state index contributed by atoms with van der Waals surface area (Å²) in [5.74, 6) is 2.20. The Morgan fingerprint density at radius 1 is 1.48 bits per heavy atom. The first kappa shape index (κ1) is 21.0. The molecule has 0 fully saturated rings. The summed E-state index contributed by atoms with van der Waals surface area (Å²) in [6, 6.07) is 0. The summed E-state index contributed by atoms with van der Waals surface area (Å²) in [6.45, 7) is 6.73. The summed E-state index contributed by atoms with van der Waals surface area (Å²) in [6.07, 6.45) is 4.54. The third-order valence-corrected chi connectivity index (χ3v) is 4.30. The summed E-state index contributed by atoms with van der Waals surface area (Å²) in [5, 5.41) is 6.58. The van der Waals surface area contributed by atoms with Crippen LogP contribution < -0.4 is 5.32 Å². The monoisotopic (exact) mass is 442 g/mol. The van der Waals surface area contributed by atoms with Crippen LogP contribution in [0, 0.1) is 6.92 Å². The zero-order valence-electron chi connectivity index (χ0n) is 13.4. The molecule has 1 aromatic heterocycles. The molecule has 0 spiro atoms. The van der Waals surface area contributed by atoms with E-state index in [1.54, 1.807) is 11.3 Å². The fourth-order valence-electron chi connectivity index (χ4n) is 1.81. The number of nitrogens with zero attached hydrogens (tertiary/aromatic N) is 3. The van der Waals surface area contributed by atoms with E-state index in [0.717, 1.165) is 42.7 Å². The van der Waals surface area contributed by atoms with Crippen molar-refractivity contribution in [1.29, 1.82) is 0 Å². The number of hydrogen-bond donors (Lipinski definition) is 1. The molecular formula is C14H27IN4S2. The number of guanidine groups is 1. The number of hydrogen-bond acceptors (Lipinski definition) is 4. The van der Waals surface area contributed by atoms with Crippen molar-refractivity contribution in [2.24, 2.45) is 4.99 Å².